The molecule has 2 aliphatic rings. The summed E-state index contributed by atoms with van der Waals surface area (Å²) in [7, 11) is 0. The van der Waals surface area contributed by atoms with Gasteiger partial charge in [-0.05, 0) is 56.7 Å². The molecule has 1 saturated heterocycles. The first-order valence-electron chi connectivity index (χ1n) is 12.1. The van der Waals surface area contributed by atoms with Gasteiger partial charge in [-0.25, -0.2) is 4.98 Å². The van der Waals surface area contributed by atoms with Gasteiger partial charge in [0.1, 0.15) is 17.3 Å². The van der Waals surface area contributed by atoms with Gasteiger partial charge in [-0.3, -0.25) is 9.59 Å². The van der Waals surface area contributed by atoms with Crippen molar-refractivity contribution in [1.29, 1.82) is 0 Å². The molecule has 0 unspecified atom stereocenters. The fraction of sp³-hybridized carbons (Fsp3) is 0.346. The van der Waals surface area contributed by atoms with Crippen molar-refractivity contribution in [3.8, 4) is 17.0 Å². The summed E-state index contributed by atoms with van der Waals surface area (Å²) in [6.45, 7) is 5.41. The van der Waals surface area contributed by atoms with E-state index >= 15 is 0 Å². The van der Waals surface area contributed by atoms with Crippen LogP contribution in [0.5, 0.6) is 5.75 Å². The zero-order valence-corrected chi connectivity index (χ0v) is 21.4. The summed E-state index contributed by atoms with van der Waals surface area (Å²) in [5, 5.41) is 12.8. The maximum atomic E-state index is 13.1. The molecule has 1 aromatic carbocycles. The normalized spacial score (nSPS) is 17.3. The summed E-state index contributed by atoms with van der Waals surface area (Å²) in [6.07, 6.45) is 1.56. The second kappa shape index (κ2) is 9.88. The van der Waals surface area contributed by atoms with Gasteiger partial charge in [-0.1, -0.05) is 0 Å². The van der Waals surface area contributed by atoms with Crippen LogP contribution >= 0.6 is 11.6 Å². The van der Waals surface area contributed by atoms with E-state index in [0.29, 0.717) is 54.5 Å². The van der Waals surface area contributed by atoms with Crippen molar-refractivity contribution in [2.75, 3.05) is 23.3 Å². The number of H-pyrrole nitrogens is 1. The summed E-state index contributed by atoms with van der Waals surface area (Å²) in [5.41, 5.74) is -0.582. The van der Waals surface area contributed by atoms with Crippen molar-refractivity contribution >= 4 is 34.9 Å². The predicted octanol–water partition coefficient (Wildman–Crippen LogP) is 4.43. The monoisotopic (exact) mass is 545 g/mol. The maximum Gasteiger partial charge on any atom is 0.487 e. The van der Waals surface area contributed by atoms with Crippen molar-refractivity contribution in [2.45, 2.75) is 44.5 Å². The number of hydrogen-bond donors (Lipinski definition) is 3. The minimum atomic E-state index is -3.84. The first-order chi connectivity index (χ1) is 18.0. The minimum Gasteiger partial charge on any atom is -0.420 e. The van der Waals surface area contributed by atoms with Gasteiger partial charge in [-0.15, -0.1) is 8.78 Å². The number of halogens is 3. The summed E-state index contributed by atoms with van der Waals surface area (Å²) in [6, 6.07) is 8.98. The van der Waals surface area contributed by atoms with Crippen LogP contribution in [0, 0.1) is 0 Å². The molecule has 0 saturated carbocycles. The number of rotatable bonds is 7. The summed E-state index contributed by atoms with van der Waals surface area (Å²) >= 11 is 4.78. The Balaban J connectivity index is 1.43. The predicted molar refractivity (Wildman–Crippen MR) is 138 cm³/mol. The number of aliphatic hydroxyl groups excluding tert-OH is 1. The van der Waals surface area contributed by atoms with Gasteiger partial charge in [0.05, 0.1) is 17.4 Å². The highest BCUT2D eigenvalue weighted by Crippen LogP contribution is 2.35. The number of amides is 2. The zero-order chi connectivity index (χ0) is 27.2. The van der Waals surface area contributed by atoms with Crippen molar-refractivity contribution in [3.63, 3.8) is 0 Å². The van der Waals surface area contributed by atoms with Crippen molar-refractivity contribution in [3.05, 3.63) is 59.4 Å². The van der Waals surface area contributed by atoms with E-state index in [2.05, 4.69) is 20.0 Å². The van der Waals surface area contributed by atoms with E-state index in [0.717, 1.165) is 5.56 Å². The average Bonchev–Trinajstić information content (AvgIpc) is 3.55. The van der Waals surface area contributed by atoms with Gasteiger partial charge in [0.25, 0.3) is 11.8 Å². The average molecular weight is 546 g/mol. The van der Waals surface area contributed by atoms with Gasteiger partial charge in [0, 0.05) is 60.3 Å². The van der Waals surface area contributed by atoms with Crippen LogP contribution in [0.15, 0.2) is 42.6 Å². The molecule has 2 aromatic heterocycles. The molecule has 4 heterocycles. The van der Waals surface area contributed by atoms with Crippen LogP contribution < -0.4 is 15.0 Å². The molecule has 200 valence electrons. The second-order valence-electron chi connectivity index (χ2n) is 9.62. The Morgan fingerprint density at radius 3 is 2.63 bits per heavy atom. The van der Waals surface area contributed by atoms with Crippen LogP contribution in [-0.4, -0.2) is 62.6 Å². The Kier molecular flexibility index (Phi) is 6.74. The fourth-order valence-electron chi connectivity index (χ4n) is 4.68. The molecule has 12 heteroatoms. The summed E-state index contributed by atoms with van der Waals surface area (Å²) in [5.74, 6) is -0.117. The molecule has 9 nitrogen and oxygen atoms in total. The molecule has 3 N–H and O–H groups in total. The lowest BCUT2D eigenvalue weighted by molar-refractivity contribution is -0.0964. The number of pyridine rings is 1. The molecule has 0 bridgehead atoms. The maximum absolute atomic E-state index is 13.1. The number of benzene rings is 1. The van der Waals surface area contributed by atoms with Gasteiger partial charge in [0.15, 0.2) is 0 Å². The SMILES string of the molecule is CC(C)N1Cc2cc(-c3cc(C(=O)Nc4ccc(OC(F)(F)Cl)cc4)cnc3N3CC[C@@H](O)C3)[nH]c2C1=O. The number of nitrogens with zero attached hydrogens (tertiary/aromatic N) is 3. The molecule has 0 aliphatic carbocycles. The molecule has 2 aliphatic heterocycles. The molecule has 3 aromatic rings. The molecule has 0 radical (unpaired) electrons. The van der Waals surface area contributed by atoms with E-state index in [4.69, 9.17) is 11.6 Å². The van der Waals surface area contributed by atoms with Crippen LogP contribution in [0.3, 0.4) is 0 Å². The van der Waals surface area contributed by atoms with E-state index in [1.807, 2.05) is 24.8 Å². The third-order valence-corrected chi connectivity index (χ3v) is 6.64. The molecule has 1 fully saturated rings. The largest absolute Gasteiger partial charge is 0.487 e. The lowest BCUT2D eigenvalue weighted by Gasteiger charge is -2.22. The van der Waals surface area contributed by atoms with Crippen LogP contribution in [0.25, 0.3) is 11.3 Å². The molecule has 38 heavy (non-hydrogen) atoms. The number of ether oxygens (including phenoxy) is 1. The number of nitrogens with one attached hydrogen (secondary N) is 2. The molecule has 1 atom stereocenters. The lowest BCUT2D eigenvalue weighted by atomic mass is 10.1. The number of carbonyl (C=O) groups excluding carboxylic acids is 2. The number of anilines is 2. The molecular formula is C26H26ClF2N5O4. The highest BCUT2D eigenvalue weighted by molar-refractivity contribution is 6.20. The molecule has 5 rings (SSSR count). The quantitative estimate of drug-likeness (QED) is 0.379. The highest BCUT2D eigenvalue weighted by atomic mass is 35.5. The van der Waals surface area contributed by atoms with Crippen molar-refractivity contribution in [1.82, 2.24) is 14.9 Å². The van der Waals surface area contributed by atoms with Crippen LogP contribution in [-0.2, 0) is 6.54 Å². The third-order valence-electron chi connectivity index (χ3n) is 6.57. The summed E-state index contributed by atoms with van der Waals surface area (Å²) < 4.78 is 30.0. The molecular weight excluding hydrogens is 520 g/mol. The molecule has 0 spiro atoms. The smallest absolute Gasteiger partial charge is 0.420 e. The van der Waals surface area contributed by atoms with Crippen LogP contribution in [0.4, 0.5) is 20.3 Å². The number of aliphatic hydroxyl groups is 1. The second-order valence-corrected chi connectivity index (χ2v) is 10.1. The summed E-state index contributed by atoms with van der Waals surface area (Å²) in [4.78, 5) is 37.4. The van der Waals surface area contributed by atoms with E-state index in [1.165, 1.54) is 30.5 Å². The van der Waals surface area contributed by atoms with E-state index in [-0.39, 0.29) is 23.3 Å². The van der Waals surface area contributed by atoms with Crippen LogP contribution in [0.1, 0.15) is 46.7 Å². The molecule has 2 amide bonds. The van der Waals surface area contributed by atoms with Gasteiger partial charge < -0.3 is 29.9 Å². The number of carbonyl (C=O) groups is 2. The number of aromatic nitrogens is 2. The number of aromatic amines is 1. The van der Waals surface area contributed by atoms with Crippen LogP contribution in [0.2, 0.25) is 0 Å². The minimum absolute atomic E-state index is 0.0640. The van der Waals surface area contributed by atoms with E-state index in [1.54, 1.807) is 11.0 Å². The number of β-amino-alcohol motifs (C(OH)–C–C–N with tert-alkyl or cyclic N) is 1. The number of alkyl halides is 3. The van der Waals surface area contributed by atoms with Crippen molar-refractivity contribution < 1.29 is 28.2 Å². The number of fused-ring (bicyclic) bond motifs is 1. The Bertz CT molecular complexity index is 1370. The van der Waals surface area contributed by atoms with E-state index in [9.17, 15) is 23.5 Å². The van der Waals surface area contributed by atoms with Gasteiger partial charge >= 0.3 is 5.57 Å². The standard InChI is InChI=1S/C26H26ClF2N5O4/c1-14(2)34-12-16-10-21(32-22(16)25(34)37)20-9-15(11-30-23(20)33-8-7-18(35)13-33)24(36)31-17-3-5-19(6-4-17)38-26(27,28)29/h3-6,9-11,14,18,32,35H,7-8,12-13H2,1-2H3,(H,31,36)/t18-/m1/s1. The third kappa shape index (κ3) is 5.30. The number of hydrogen-bond acceptors (Lipinski definition) is 6. The lowest BCUT2D eigenvalue weighted by Crippen LogP contribution is -2.31. The Labute approximate surface area is 222 Å². The Hall–Kier alpha value is -3.70. The Morgan fingerprint density at radius 1 is 1.29 bits per heavy atom. The van der Waals surface area contributed by atoms with Gasteiger partial charge in [0.2, 0.25) is 0 Å². The Morgan fingerprint density at radius 2 is 2.03 bits per heavy atom. The highest BCUT2D eigenvalue weighted by Gasteiger charge is 2.33. The van der Waals surface area contributed by atoms with E-state index < -0.39 is 17.6 Å². The van der Waals surface area contributed by atoms with Gasteiger partial charge in [-0.2, -0.15) is 0 Å². The topological polar surface area (TPSA) is 111 Å². The first-order valence-corrected chi connectivity index (χ1v) is 12.5. The zero-order valence-electron chi connectivity index (χ0n) is 20.7. The fourth-order valence-corrected chi connectivity index (χ4v) is 4.77. The van der Waals surface area contributed by atoms with Crippen molar-refractivity contribution in [2.24, 2.45) is 0 Å². The first kappa shape index (κ1) is 25.9.